The van der Waals surface area contributed by atoms with Gasteiger partial charge in [0.25, 0.3) is 11.8 Å². The summed E-state index contributed by atoms with van der Waals surface area (Å²) in [5.74, 6) is 0.144. The maximum Gasteiger partial charge on any atom is 0.271 e. The second-order valence-electron chi connectivity index (χ2n) is 4.73. The molecule has 2 amide bonds. The standard InChI is InChI=1S/C13H20N4O3/c1-3-14-13(19)10-8-12(16(2)15-10)20-9-11(18)17-6-4-5-7-17/h8H,3-7,9H2,1-2H3,(H,14,19). The van der Waals surface area contributed by atoms with Crippen LogP contribution in [0.2, 0.25) is 0 Å². The van der Waals surface area contributed by atoms with Crippen LogP contribution < -0.4 is 10.1 Å². The fourth-order valence-corrected chi connectivity index (χ4v) is 2.14. The van der Waals surface area contributed by atoms with Crippen LogP contribution in [0.4, 0.5) is 0 Å². The van der Waals surface area contributed by atoms with Gasteiger partial charge in [-0.2, -0.15) is 5.10 Å². The Morgan fingerprint density at radius 2 is 2.10 bits per heavy atom. The largest absolute Gasteiger partial charge is 0.468 e. The summed E-state index contributed by atoms with van der Waals surface area (Å²) in [4.78, 5) is 25.3. The lowest BCUT2D eigenvalue weighted by Crippen LogP contribution is -2.32. The lowest BCUT2D eigenvalue weighted by Gasteiger charge is -2.15. The van der Waals surface area contributed by atoms with Gasteiger partial charge in [-0.3, -0.25) is 9.59 Å². The number of rotatable bonds is 5. The summed E-state index contributed by atoms with van der Waals surface area (Å²) in [6.45, 7) is 3.97. The zero-order valence-electron chi connectivity index (χ0n) is 11.9. The zero-order chi connectivity index (χ0) is 14.5. The van der Waals surface area contributed by atoms with E-state index in [0.29, 0.717) is 12.4 Å². The van der Waals surface area contributed by atoms with Crippen molar-refractivity contribution in [2.45, 2.75) is 19.8 Å². The number of aromatic nitrogens is 2. The highest BCUT2D eigenvalue weighted by Crippen LogP contribution is 2.13. The van der Waals surface area contributed by atoms with Crippen molar-refractivity contribution in [2.24, 2.45) is 7.05 Å². The lowest BCUT2D eigenvalue weighted by molar-refractivity contribution is -0.132. The summed E-state index contributed by atoms with van der Waals surface area (Å²) in [7, 11) is 1.68. The SMILES string of the molecule is CCNC(=O)c1cc(OCC(=O)N2CCCC2)n(C)n1. The number of nitrogens with one attached hydrogen (secondary N) is 1. The number of carbonyl (C=O) groups is 2. The van der Waals surface area contributed by atoms with Crippen molar-refractivity contribution in [3.05, 3.63) is 11.8 Å². The Morgan fingerprint density at radius 3 is 2.75 bits per heavy atom. The monoisotopic (exact) mass is 280 g/mol. The molecule has 1 saturated heterocycles. The Morgan fingerprint density at radius 1 is 1.40 bits per heavy atom. The predicted octanol–water partition coefficient (Wildman–Crippen LogP) is 0.171. The van der Waals surface area contributed by atoms with Crippen molar-refractivity contribution in [3.8, 4) is 5.88 Å². The van der Waals surface area contributed by atoms with E-state index in [-0.39, 0.29) is 24.1 Å². The molecule has 1 aromatic heterocycles. The molecule has 1 N–H and O–H groups in total. The van der Waals surface area contributed by atoms with Gasteiger partial charge >= 0.3 is 0 Å². The van der Waals surface area contributed by atoms with Gasteiger partial charge in [-0.25, -0.2) is 4.68 Å². The first kappa shape index (κ1) is 14.4. The molecule has 0 bridgehead atoms. The highest BCUT2D eigenvalue weighted by molar-refractivity contribution is 5.92. The number of ether oxygens (including phenoxy) is 1. The molecule has 1 aromatic rings. The van der Waals surface area contributed by atoms with Gasteiger partial charge in [-0.05, 0) is 19.8 Å². The molecule has 7 heteroatoms. The number of likely N-dealkylation sites (tertiary alicyclic amines) is 1. The first-order valence-electron chi connectivity index (χ1n) is 6.84. The number of amides is 2. The molecular weight excluding hydrogens is 260 g/mol. The predicted molar refractivity (Wildman–Crippen MR) is 72.5 cm³/mol. The minimum atomic E-state index is -0.246. The average molecular weight is 280 g/mol. The summed E-state index contributed by atoms with van der Waals surface area (Å²) in [6, 6.07) is 1.54. The summed E-state index contributed by atoms with van der Waals surface area (Å²) in [5.41, 5.74) is 0.290. The van der Waals surface area contributed by atoms with Crippen molar-refractivity contribution in [2.75, 3.05) is 26.2 Å². The van der Waals surface area contributed by atoms with E-state index in [2.05, 4.69) is 10.4 Å². The molecule has 7 nitrogen and oxygen atoms in total. The van der Waals surface area contributed by atoms with Gasteiger partial charge in [0.05, 0.1) is 0 Å². The third-order valence-electron chi connectivity index (χ3n) is 3.21. The van der Waals surface area contributed by atoms with Crippen molar-refractivity contribution < 1.29 is 14.3 Å². The Kier molecular flexibility index (Phi) is 4.60. The van der Waals surface area contributed by atoms with E-state index in [0.717, 1.165) is 25.9 Å². The summed E-state index contributed by atoms with van der Waals surface area (Å²) < 4.78 is 6.91. The molecule has 20 heavy (non-hydrogen) atoms. The van der Waals surface area contributed by atoms with Gasteiger partial charge in [0.15, 0.2) is 12.3 Å². The molecule has 1 aliphatic rings. The maximum absolute atomic E-state index is 11.9. The van der Waals surface area contributed by atoms with Gasteiger partial charge in [-0.15, -0.1) is 0 Å². The Labute approximate surface area is 117 Å². The fraction of sp³-hybridized carbons (Fsp3) is 0.615. The van der Waals surface area contributed by atoms with Crippen LogP contribution in [0, 0.1) is 0 Å². The summed E-state index contributed by atoms with van der Waals surface area (Å²) in [5, 5.41) is 6.73. The number of hydrogen-bond acceptors (Lipinski definition) is 4. The second-order valence-corrected chi connectivity index (χ2v) is 4.73. The quantitative estimate of drug-likeness (QED) is 0.834. The van der Waals surface area contributed by atoms with Crippen LogP contribution in [0.1, 0.15) is 30.3 Å². The normalized spacial score (nSPS) is 14.4. The molecule has 0 radical (unpaired) electrons. The highest BCUT2D eigenvalue weighted by atomic mass is 16.5. The van der Waals surface area contributed by atoms with Gasteiger partial charge in [0.2, 0.25) is 5.88 Å². The number of hydrogen-bond donors (Lipinski definition) is 1. The molecule has 0 spiro atoms. The van der Waals surface area contributed by atoms with Crippen LogP contribution >= 0.6 is 0 Å². The van der Waals surface area contributed by atoms with E-state index >= 15 is 0 Å². The van der Waals surface area contributed by atoms with Gasteiger partial charge in [0, 0.05) is 32.7 Å². The number of nitrogens with zero attached hydrogens (tertiary/aromatic N) is 3. The van der Waals surface area contributed by atoms with Crippen molar-refractivity contribution in [1.29, 1.82) is 0 Å². The third-order valence-corrected chi connectivity index (χ3v) is 3.21. The molecule has 0 saturated carbocycles. The second kappa shape index (κ2) is 6.40. The van der Waals surface area contributed by atoms with Crippen molar-refractivity contribution in [1.82, 2.24) is 20.0 Å². The molecule has 0 aliphatic carbocycles. The molecule has 1 fully saturated rings. The van der Waals surface area contributed by atoms with E-state index < -0.39 is 0 Å². The van der Waals surface area contributed by atoms with Crippen LogP contribution in [0.5, 0.6) is 5.88 Å². The van der Waals surface area contributed by atoms with Gasteiger partial charge < -0.3 is 15.0 Å². The highest BCUT2D eigenvalue weighted by Gasteiger charge is 2.19. The Hall–Kier alpha value is -2.05. The summed E-state index contributed by atoms with van der Waals surface area (Å²) in [6.07, 6.45) is 2.11. The molecule has 2 heterocycles. The lowest BCUT2D eigenvalue weighted by atomic mass is 10.4. The van der Waals surface area contributed by atoms with E-state index in [1.54, 1.807) is 18.0 Å². The Balaban J connectivity index is 1.92. The van der Waals surface area contributed by atoms with E-state index in [9.17, 15) is 9.59 Å². The van der Waals surface area contributed by atoms with E-state index in [1.807, 2.05) is 6.92 Å². The average Bonchev–Trinajstić information content (AvgIpc) is 3.06. The molecule has 0 atom stereocenters. The van der Waals surface area contributed by atoms with Crippen LogP contribution in [0.15, 0.2) is 6.07 Å². The molecule has 1 aliphatic heterocycles. The smallest absolute Gasteiger partial charge is 0.271 e. The Bertz CT molecular complexity index is 492. The van der Waals surface area contributed by atoms with Crippen molar-refractivity contribution >= 4 is 11.8 Å². The van der Waals surface area contributed by atoms with E-state index in [4.69, 9.17) is 4.74 Å². The fourth-order valence-electron chi connectivity index (χ4n) is 2.14. The van der Waals surface area contributed by atoms with Crippen LogP contribution in [-0.2, 0) is 11.8 Å². The first-order valence-corrected chi connectivity index (χ1v) is 6.84. The minimum absolute atomic E-state index is 0.0195. The number of aryl methyl sites for hydroxylation is 1. The van der Waals surface area contributed by atoms with Crippen molar-refractivity contribution in [3.63, 3.8) is 0 Å². The third kappa shape index (κ3) is 3.28. The molecule has 0 unspecified atom stereocenters. The van der Waals surface area contributed by atoms with Gasteiger partial charge in [-0.1, -0.05) is 0 Å². The zero-order valence-corrected chi connectivity index (χ0v) is 11.9. The molecule has 2 rings (SSSR count). The summed E-state index contributed by atoms with van der Waals surface area (Å²) >= 11 is 0. The van der Waals surface area contributed by atoms with Crippen LogP contribution in [0.25, 0.3) is 0 Å². The van der Waals surface area contributed by atoms with Crippen LogP contribution in [-0.4, -0.2) is 52.7 Å². The molecular formula is C13H20N4O3. The van der Waals surface area contributed by atoms with Crippen LogP contribution in [0.3, 0.4) is 0 Å². The van der Waals surface area contributed by atoms with E-state index in [1.165, 1.54) is 4.68 Å². The topological polar surface area (TPSA) is 76.5 Å². The first-order chi connectivity index (χ1) is 9.61. The van der Waals surface area contributed by atoms with Gasteiger partial charge in [0.1, 0.15) is 0 Å². The molecule has 110 valence electrons. The maximum atomic E-state index is 11.9. The molecule has 0 aromatic carbocycles. The number of carbonyl (C=O) groups excluding carboxylic acids is 2. The minimum Gasteiger partial charge on any atom is -0.468 e.